The summed E-state index contributed by atoms with van der Waals surface area (Å²) in [6.07, 6.45) is 4.54. The number of carbonyl (C=O) groups excluding carboxylic acids is 1. The number of rotatable bonds is 8. The van der Waals surface area contributed by atoms with Crippen LogP contribution in [0.15, 0.2) is 59.3 Å². The maximum absolute atomic E-state index is 11.2. The van der Waals surface area contributed by atoms with Crippen molar-refractivity contribution in [2.75, 3.05) is 11.9 Å². The molecule has 0 atom stereocenters. The van der Waals surface area contributed by atoms with Crippen molar-refractivity contribution in [3.63, 3.8) is 0 Å². The molecule has 0 saturated heterocycles. The second-order valence-corrected chi connectivity index (χ2v) is 6.95. The summed E-state index contributed by atoms with van der Waals surface area (Å²) in [5.74, 6) is 0.337. The molecule has 4 rings (SSSR count). The lowest BCUT2D eigenvalue weighted by atomic mass is 10.1. The molecule has 0 aliphatic rings. The van der Waals surface area contributed by atoms with Gasteiger partial charge in [-0.1, -0.05) is 11.6 Å². The largest absolute Gasteiger partial charge is 0.474 e. The molecule has 30 heavy (non-hydrogen) atoms. The number of hydrogen-bond acceptors (Lipinski definition) is 7. The number of fused-ring (bicyclic) bond motifs is 1. The van der Waals surface area contributed by atoms with Crippen LogP contribution in [0.25, 0.3) is 11.0 Å². The van der Waals surface area contributed by atoms with E-state index in [1.54, 1.807) is 36.7 Å². The summed E-state index contributed by atoms with van der Waals surface area (Å²) >= 11 is 5.92. The Kier molecular flexibility index (Phi) is 5.76. The third-order valence-electron chi connectivity index (χ3n) is 4.39. The number of aryl methyl sites for hydroxylation is 1. The highest BCUT2D eigenvalue weighted by Gasteiger charge is 2.14. The molecule has 0 aliphatic heterocycles. The number of hydrogen-bond donors (Lipinski definition) is 2. The third-order valence-corrected chi connectivity index (χ3v) is 4.64. The molecule has 1 aromatic carbocycles. The standard InChI is InChI=1S/C21H18ClN5O3/c22-14-3-5-15(6-4-14)25-20-16-8-11-29-18(16)21(27-26-20)30-10-1-2-13-7-9-24-17(12-13)19(23)28/h3-9,11-12H,1-2,10H2,(H2,23,28)(H,25,26). The van der Waals surface area contributed by atoms with Crippen LogP contribution in [0.4, 0.5) is 11.5 Å². The van der Waals surface area contributed by atoms with E-state index in [2.05, 4.69) is 20.5 Å². The zero-order chi connectivity index (χ0) is 20.9. The van der Waals surface area contributed by atoms with E-state index >= 15 is 0 Å². The number of nitrogens with two attached hydrogens (primary N) is 1. The Balaban J connectivity index is 1.40. The van der Waals surface area contributed by atoms with Crippen molar-refractivity contribution >= 4 is 40.0 Å². The SMILES string of the molecule is NC(=O)c1cc(CCCOc2nnc(Nc3ccc(Cl)cc3)c3ccoc23)ccn1. The van der Waals surface area contributed by atoms with E-state index in [1.165, 1.54) is 0 Å². The molecule has 152 valence electrons. The number of nitrogens with zero attached hydrogens (tertiary/aromatic N) is 3. The van der Waals surface area contributed by atoms with Gasteiger partial charge < -0.3 is 20.2 Å². The van der Waals surface area contributed by atoms with Crippen LogP contribution < -0.4 is 15.8 Å². The van der Waals surface area contributed by atoms with E-state index in [9.17, 15) is 4.79 Å². The zero-order valence-electron chi connectivity index (χ0n) is 15.8. The predicted molar refractivity (Wildman–Crippen MR) is 113 cm³/mol. The van der Waals surface area contributed by atoms with Crippen molar-refractivity contribution in [3.05, 3.63) is 71.2 Å². The molecule has 0 saturated carbocycles. The first-order chi connectivity index (χ1) is 14.6. The summed E-state index contributed by atoms with van der Waals surface area (Å²) in [6.45, 7) is 0.405. The fourth-order valence-corrected chi connectivity index (χ4v) is 3.05. The zero-order valence-corrected chi connectivity index (χ0v) is 16.6. The van der Waals surface area contributed by atoms with Gasteiger partial charge in [0.2, 0.25) is 5.58 Å². The summed E-state index contributed by atoms with van der Waals surface area (Å²) < 4.78 is 11.3. The first-order valence-corrected chi connectivity index (χ1v) is 9.62. The Morgan fingerprint density at radius 1 is 1.17 bits per heavy atom. The first kappa shape index (κ1) is 19.7. The van der Waals surface area contributed by atoms with E-state index < -0.39 is 5.91 Å². The second kappa shape index (κ2) is 8.79. The van der Waals surface area contributed by atoms with Crippen LogP contribution in [0.5, 0.6) is 5.88 Å². The van der Waals surface area contributed by atoms with Crippen molar-refractivity contribution in [2.24, 2.45) is 5.73 Å². The highest BCUT2D eigenvalue weighted by molar-refractivity contribution is 6.30. The monoisotopic (exact) mass is 423 g/mol. The summed E-state index contributed by atoms with van der Waals surface area (Å²) in [7, 11) is 0. The third kappa shape index (κ3) is 4.49. The van der Waals surface area contributed by atoms with Gasteiger partial charge in [0.05, 0.1) is 18.3 Å². The van der Waals surface area contributed by atoms with Crippen LogP contribution in [-0.2, 0) is 6.42 Å². The minimum atomic E-state index is -0.545. The Morgan fingerprint density at radius 2 is 2.00 bits per heavy atom. The molecule has 0 fully saturated rings. The minimum Gasteiger partial charge on any atom is -0.474 e. The van der Waals surface area contributed by atoms with Crippen LogP contribution in [0.2, 0.25) is 5.02 Å². The van der Waals surface area contributed by atoms with Crippen molar-refractivity contribution in [2.45, 2.75) is 12.8 Å². The van der Waals surface area contributed by atoms with Gasteiger partial charge in [0.25, 0.3) is 11.8 Å². The lowest BCUT2D eigenvalue weighted by molar-refractivity contribution is 0.0995. The highest BCUT2D eigenvalue weighted by atomic mass is 35.5. The number of pyridine rings is 1. The van der Waals surface area contributed by atoms with Crippen molar-refractivity contribution in [1.29, 1.82) is 0 Å². The van der Waals surface area contributed by atoms with Gasteiger partial charge in [-0.05, 0) is 60.9 Å². The molecular weight excluding hydrogens is 406 g/mol. The van der Waals surface area contributed by atoms with Gasteiger partial charge in [-0.25, -0.2) is 0 Å². The highest BCUT2D eigenvalue weighted by Crippen LogP contribution is 2.30. The number of aromatic nitrogens is 3. The fraction of sp³-hybridized carbons (Fsp3) is 0.143. The average Bonchev–Trinajstić information content (AvgIpc) is 3.25. The predicted octanol–water partition coefficient (Wildman–Crippen LogP) is 4.13. The number of ether oxygens (including phenoxy) is 1. The molecule has 8 nitrogen and oxygen atoms in total. The van der Waals surface area contributed by atoms with E-state index in [4.69, 9.17) is 26.5 Å². The lowest BCUT2D eigenvalue weighted by Crippen LogP contribution is -2.13. The van der Waals surface area contributed by atoms with Crippen LogP contribution in [0.1, 0.15) is 22.5 Å². The summed E-state index contributed by atoms with van der Waals surface area (Å²) in [5, 5.41) is 13.0. The van der Waals surface area contributed by atoms with E-state index in [0.29, 0.717) is 41.8 Å². The number of carbonyl (C=O) groups is 1. The fourth-order valence-electron chi connectivity index (χ4n) is 2.92. The molecule has 4 aromatic rings. The minimum absolute atomic E-state index is 0.250. The summed E-state index contributed by atoms with van der Waals surface area (Å²) in [6, 6.07) is 12.6. The molecule has 0 unspecified atom stereocenters. The molecule has 3 aromatic heterocycles. The van der Waals surface area contributed by atoms with Crippen LogP contribution in [0.3, 0.4) is 0 Å². The Morgan fingerprint density at radius 3 is 2.80 bits per heavy atom. The maximum Gasteiger partial charge on any atom is 0.277 e. The molecule has 0 bridgehead atoms. The number of anilines is 2. The average molecular weight is 424 g/mol. The topological polar surface area (TPSA) is 116 Å². The molecule has 0 spiro atoms. The first-order valence-electron chi connectivity index (χ1n) is 9.24. The van der Waals surface area contributed by atoms with Gasteiger partial charge in [0.15, 0.2) is 5.82 Å². The van der Waals surface area contributed by atoms with Crippen LogP contribution in [0, 0.1) is 0 Å². The normalized spacial score (nSPS) is 10.8. The molecule has 1 amide bonds. The van der Waals surface area contributed by atoms with E-state index in [-0.39, 0.29) is 5.69 Å². The lowest BCUT2D eigenvalue weighted by Gasteiger charge is -2.09. The molecular formula is C21H18ClN5O3. The Hall–Kier alpha value is -3.65. The van der Waals surface area contributed by atoms with Gasteiger partial charge >= 0.3 is 0 Å². The van der Waals surface area contributed by atoms with Gasteiger partial charge in [-0.3, -0.25) is 9.78 Å². The van der Waals surface area contributed by atoms with Gasteiger partial charge in [-0.2, -0.15) is 0 Å². The van der Waals surface area contributed by atoms with E-state index in [1.807, 2.05) is 18.2 Å². The number of halogens is 1. The van der Waals surface area contributed by atoms with Crippen LogP contribution in [-0.4, -0.2) is 27.7 Å². The Bertz CT molecular complexity index is 1180. The molecule has 3 heterocycles. The summed E-state index contributed by atoms with van der Waals surface area (Å²) in [4.78, 5) is 15.2. The number of primary amides is 1. The van der Waals surface area contributed by atoms with Crippen molar-refractivity contribution < 1.29 is 13.9 Å². The number of amides is 1. The second-order valence-electron chi connectivity index (χ2n) is 6.51. The summed E-state index contributed by atoms with van der Waals surface area (Å²) in [5.41, 5.74) is 7.81. The van der Waals surface area contributed by atoms with Crippen molar-refractivity contribution in [1.82, 2.24) is 15.2 Å². The molecule has 0 aliphatic carbocycles. The molecule has 9 heteroatoms. The van der Waals surface area contributed by atoms with Gasteiger partial charge in [-0.15, -0.1) is 10.2 Å². The number of benzene rings is 1. The number of furan rings is 1. The maximum atomic E-state index is 11.2. The number of nitrogens with one attached hydrogen (secondary N) is 1. The van der Waals surface area contributed by atoms with Gasteiger partial charge in [0, 0.05) is 16.9 Å². The van der Waals surface area contributed by atoms with Gasteiger partial charge in [0.1, 0.15) is 5.69 Å². The Labute approximate surface area is 177 Å². The smallest absolute Gasteiger partial charge is 0.277 e. The van der Waals surface area contributed by atoms with Crippen LogP contribution >= 0.6 is 11.6 Å². The molecule has 3 N–H and O–H groups in total. The van der Waals surface area contributed by atoms with Crippen molar-refractivity contribution in [3.8, 4) is 5.88 Å². The van der Waals surface area contributed by atoms with E-state index in [0.717, 1.165) is 16.6 Å². The molecule has 0 radical (unpaired) electrons. The quantitative estimate of drug-likeness (QED) is 0.409.